The molecule has 0 aliphatic rings. The Morgan fingerprint density at radius 2 is 1.59 bits per heavy atom. The van der Waals surface area contributed by atoms with Crippen LogP contribution in [0.5, 0.6) is 0 Å². The van der Waals surface area contributed by atoms with Crippen molar-refractivity contribution < 1.29 is 28.6 Å². The first-order chi connectivity index (χ1) is 22.0. The van der Waals surface area contributed by atoms with Crippen molar-refractivity contribution in [2.75, 3.05) is 0 Å². The molecule has 0 aliphatic carbocycles. The Morgan fingerprint density at radius 1 is 0.795 bits per heavy atom. The Labute approximate surface area is 282 Å². The molecule has 0 fully saturated rings. The maximum absolute atomic E-state index is 13.6. The summed E-state index contributed by atoms with van der Waals surface area (Å²) in [7, 11) is 0. The van der Waals surface area contributed by atoms with Crippen LogP contribution >= 0.6 is 11.3 Å². The van der Waals surface area contributed by atoms with Gasteiger partial charge in [0.1, 0.15) is 4.83 Å². The third-order valence-corrected chi connectivity index (χ3v) is 12.5. The quantitative estimate of drug-likeness (QED) is 0.101. The summed E-state index contributed by atoms with van der Waals surface area (Å²) in [6.07, 6.45) is 3.64. The molecule has 4 aromatic heterocycles. The SMILES string of the molecule is [2H]C([2H])([2H])c1cc(-c2[c-]ccc3c2sc2nc(F)ccc23)ncc1-c1ccccc1.[CH3][Ge]([CH3])([CH3])[c]1ccc(-c2[c-]cccc2)nc1.[Ir]. The molecule has 3 nitrogen and oxygen atoms in total. The minimum Gasteiger partial charge on any atom is 0 e. The summed E-state index contributed by atoms with van der Waals surface area (Å²) in [6, 6.07) is 36.3. The van der Waals surface area contributed by atoms with Crippen LogP contribution < -0.4 is 4.40 Å². The van der Waals surface area contributed by atoms with Gasteiger partial charge in [-0.05, 0) is 40.5 Å². The zero-order valence-electron chi connectivity index (χ0n) is 27.4. The summed E-state index contributed by atoms with van der Waals surface area (Å²) in [4.78, 5) is 13.7. The molecule has 4 heterocycles. The number of rotatable bonds is 4. The molecule has 0 aliphatic heterocycles. The van der Waals surface area contributed by atoms with Crippen LogP contribution in [0, 0.1) is 24.9 Å². The standard InChI is InChI=1S/C23H14FN2S.C14H16GeN.Ir/c1-14-12-20(25-13-19(14)15-6-3-2-4-7-15)18-9-5-8-16-17-10-11-21(24)26-23(17)27-22(16)18;1-15(2,3)13-9-10-14(16-11-13)12-7-5-4-6-8-12;/h2-8,10-13H,1H3;4-7,9-11H,1-3H3;/q2*-1;/i1D3;;. The maximum atomic E-state index is 13.6. The Hall–Kier alpha value is -3.55. The normalized spacial score (nSPS) is 12.4. The number of hydrogen-bond donors (Lipinski definition) is 0. The monoisotopic (exact) mass is 837 g/mol. The van der Waals surface area contributed by atoms with Crippen molar-refractivity contribution >= 4 is 49.3 Å². The Balaban J connectivity index is 0.000000217. The zero-order chi connectivity index (χ0) is 32.5. The summed E-state index contributed by atoms with van der Waals surface area (Å²) < 4.78 is 40.0. The van der Waals surface area contributed by atoms with E-state index in [1.807, 2.05) is 66.9 Å². The molecule has 0 saturated heterocycles. The third kappa shape index (κ3) is 6.89. The molecule has 0 bridgehead atoms. The predicted octanol–water partition coefficient (Wildman–Crippen LogP) is 9.52. The van der Waals surface area contributed by atoms with Gasteiger partial charge in [-0.15, -0.1) is 23.8 Å². The molecule has 0 atom stereocenters. The number of nitrogens with zero attached hydrogens (tertiary/aromatic N) is 3. The van der Waals surface area contributed by atoms with Gasteiger partial charge in [0.05, 0.1) is 0 Å². The van der Waals surface area contributed by atoms with Gasteiger partial charge in [0, 0.05) is 41.4 Å². The molecule has 7 rings (SSSR count). The third-order valence-electron chi connectivity index (χ3n) is 7.12. The van der Waals surface area contributed by atoms with Crippen molar-refractivity contribution in [2.45, 2.75) is 24.1 Å². The molecule has 3 aromatic carbocycles. The van der Waals surface area contributed by atoms with Crippen LogP contribution in [0.2, 0.25) is 17.3 Å². The van der Waals surface area contributed by atoms with Crippen molar-refractivity contribution in [3.63, 3.8) is 0 Å². The topological polar surface area (TPSA) is 38.7 Å². The van der Waals surface area contributed by atoms with Crippen molar-refractivity contribution in [3.8, 4) is 33.6 Å². The number of benzene rings is 3. The van der Waals surface area contributed by atoms with Crippen LogP contribution in [0.25, 0.3) is 53.9 Å². The van der Waals surface area contributed by atoms with E-state index in [0.29, 0.717) is 21.7 Å². The van der Waals surface area contributed by atoms with Gasteiger partial charge >= 0.3 is 99.8 Å². The van der Waals surface area contributed by atoms with E-state index in [1.54, 1.807) is 24.4 Å². The van der Waals surface area contributed by atoms with E-state index in [4.69, 9.17) is 4.11 Å². The van der Waals surface area contributed by atoms with Gasteiger partial charge in [0.15, 0.2) is 0 Å². The van der Waals surface area contributed by atoms with Gasteiger partial charge in [-0.2, -0.15) is 15.7 Å². The first-order valence-corrected chi connectivity index (χ1v) is 22.0. The van der Waals surface area contributed by atoms with E-state index in [1.165, 1.54) is 21.8 Å². The van der Waals surface area contributed by atoms with Crippen LogP contribution in [-0.2, 0) is 20.1 Å². The average Bonchev–Trinajstić information content (AvgIpc) is 3.43. The predicted molar refractivity (Wildman–Crippen MR) is 181 cm³/mol. The fourth-order valence-corrected chi connectivity index (χ4v) is 8.12. The Bertz CT molecular complexity index is 2130. The van der Waals surface area contributed by atoms with E-state index in [2.05, 4.69) is 56.5 Å². The molecule has 44 heavy (non-hydrogen) atoms. The summed E-state index contributed by atoms with van der Waals surface area (Å²) in [6.45, 7) is -2.30. The van der Waals surface area contributed by atoms with E-state index in [0.717, 1.165) is 32.3 Å². The van der Waals surface area contributed by atoms with Crippen LogP contribution in [0.3, 0.4) is 0 Å². The van der Waals surface area contributed by atoms with Crippen molar-refractivity contribution in [1.29, 1.82) is 0 Å². The number of hydrogen-bond acceptors (Lipinski definition) is 4. The molecule has 0 N–H and O–H groups in total. The second-order valence-electron chi connectivity index (χ2n) is 11.1. The number of aryl methyl sites for hydroxylation is 1. The molecule has 7 aromatic rings. The Kier molecular flexibility index (Phi) is 8.65. The molecule has 221 valence electrons. The van der Waals surface area contributed by atoms with Gasteiger partial charge in [-0.3, -0.25) is 0 Å². The van der Waals surface area contributed by atoms with Crippen LogP contribution in [-0.4, -0.2) is 28.2 Å². The smallest absolute Gasteiger partial charge is 0 e. The van der Waals surface area contributed by atoms with E-state index >= 15 is 0 Å². The second-order valence-corrected chi connectivity index (χ2v) is 22.8. The summed E-state index contributed by atoms with van der Waals surface area (Å²) in [5.41, 5.74) is 4.87. The van der Waals surface area contributed by atoms with Crippen molar-refractivity contribution in [2.24, 2.45) is 0 Å². The number of fused-ring (bicyclic) bond motifs is 3. The molecular weight excluding hydrogens is 802 g/mol. The van der Waals surface area contributed by atoms with Gasteiger partial charge in [-0.25, -0.2) is 4.98 Å². The van der Waals surface area contributed by atoms with Crippen molar-refractivity contribution in [3.05, 3.63) is 133 Å². The number of aromatic nitrogens is 3. The first-order valence-electron chi connectivity index (χ1n) is 15.4. The first kappa shape index (κ1) is 28.0. The average molecular weight is 836 g/mol. The van der Waals surface area contributed by atoms with Crippen LogP contribution in [0.4, 0.5) is 4.39 Å². The van der Waals surface area contributed by atoms with Crippen LogP contribution in [0.15, 0.2) is 109 Å². The Morgan fingerprint density at radius 3 is 2.30 bits per heavy atom. The van der Waals surface area contributed by atoms with E-state index in [9.17, 15) is 4.39 Å². The molecule has 1 radical (unpaired) electrons. The molecule has 0 saturated carbocycles. The number of thiophene rings is 1. The second kappa shape index (κ2) is 13.6. The molecule has 0 spiro atoms. The largest absolute Gasteiger partial charge is 0 e. The zero-order valence-corrected chi connectivity index (χ0v) is 29.7. The minimum atomic E-state index is -2.30. The molecular formula is C37H30FGeIrN3S-2. The minimum absolute atomic E-state index is 0. The molecule has 7 heteroatoms. The summed E-state index contributed by atoms with van der Waals surface area (Å²) in [5, 5.41) is 1.77. The van der Waals surface area contributed by atoms with Gasteiger partial charge < -0.3 is 4.98 Å². The van der Waals surface area contributed by atoms with E-state index in [-0.39, 0.29) is 25.7 Å². The number of halogens is 1. The fraction of sp³-hybridized carbons (Fsp3) is 0.108. The fourth-order valence-electron chi connectivity index (χ4n) is 4.78. The van der Waals surface area contributed by atoms with Crippen LogP contribution in [0.1, 0.15) is 9.68 Å². The van der Waals surface area contributed by atoms with Gasteiger partial charge in [-0.1, -0.05) is 41.8 Å². The van der Waals surface area contributed by atoms with Gasteiger partial charge in [0.25, 0.3) is 0 Å². The summed E-state index contributed by atoms with van der Waals surface area (Å²) in [5.74, 6) is 6.61. The number of pyridine rings is 3. The maximum Gasteiger partial charge on any atom is 0 e. The molecule has 0 amide bonds. The van der Waals surface area contributed by atoms with E-state index < -0.39 is 26.1 Å². The van der Waals surface area contributed by atoms with Gasteiger partial charge in [0.2, 0.25) is 5.95 Å². The summed E-state index contributed by atoms with van der Waals surface area (Å²) >= 11 is -0.368. The molecule has 0 unspecified atom stereocenters. The van der Waals surface area contributed by atoms with Crippen molar-refractivity contribution in [1.82, 2.24) is 15.0 Å².